The minimum absolute atomic E-state index is 0.113. The van der Waals surface area contributed by atoms with Crippen LogP contribution < -0.4 is 10.5 Å². The topological polar surface area (TPSA) is 91.3 Å². The smallest absolute Gasteiger partial charge is 0.295 e. The van der Waals surface area contributed by atoms with Gasteiger partial charge in [-0.2, -0.15) is 0 Å². The molecule has 1 aromatic carbocycles. The van der Waals surface area contributed by atoms with E-state index in [-0.39, 0.29) is 11.4 Å². The lowest BCUT2D eigenvalue weighted by Gasteiger charge is -2.09. The molecular weight excluding hydrogens is 266 g/mol. The van der Waals surface area contributed by atoms with Crippen molar-refractivity contribution in [2.45, 2.75) is 9.79 Å². The first-order valence-electron chi connectivity index (χ1n) is 5.31. The van der Waals surface area contributed by atoms with Crippen LogP contribution in [0, 0.1) is 10.1 Å². The minimum atomic E-state index is -0.529. The van der Waals surface area contributed by atoms with Crippen LogP contribution in [-0.2, 0) is 0 Å². The minimum Gasteiger partial charge on any atom is -0.495 e. The fraction of sp³-hybridized carbons (Fsp3) is 0.0833. The molecule has 2 N–H and O–H groups in total. The molecule has 0 fully saturated rings. The van der Waals surface area contributed by atoms with E-state index < -0.39 is 4.92 Å². The number of rotatable bonds is 4. The van der Waals surface area contributed by atoms with Crippen LogP contribution in [0.2, 0.25) is 0 Å². The summed E-state index contributed by atoms with van der Waals surface area (Å²) >= 11 is 1.41. The Morgan fingerprint density at radius 2 is 2.05 bits per heavy atom. The van der Waals surface area contributed by atoms with E-state index in [1.165, 1.54) is 24.9 Å². The van der Waals surface area contributed by atoms with Crippen molar-refractivity contribution in [1.29, 1.82) is 0 Å². The molecule has 1 heterocycles. The summed E-state index contributed by atoms with van der Waals surface area (Å²) in [6.45, 7) is 0. The maximum absolute atomic E-state index is 10.8. The van der Waals surface area contributed by atoms with E-state index in [1.54, 1.807) is 18.5 Å². The number of nitro benzene ring substituents is 1. The molecule has 0 amide bonds. The molecule has 6 nitrogen and oxygen atoms in total. The summed E-state index contributed by atoms with van der Waals surface area (Å²) in [5.41, 5.74) is 5.63. The lowest BCUT2D eigenvalue weighted by molar-refractivity contribution is -0.384. The average molecular weight is 277 g/mol. The number of nitro groups is 1. The van der Waals surface area contributed by atoms with Gasteiger partial charge in [-0.3, -0.25) is 15.1 Å². The fourth-order valence-corrected chi connectivity index (χ4v) is 2.44. The SMILES string of the molecule is COc1cc([N+](=O)[O-])c(N)cc1Sc1ccncc1. The standard InChI is InChI=1S/C12H11N3O3S/c1-18-11-7-10(15(16)17)9(13)6-12(11)19-8-2-4-14-5-3-8/h2-7H,13H2,1H3. The van der Waals surface area contributed by atoms with Gasteiger partial charge in [-0.1, -0.05) is 11.8 Å². The van der Waals surface area contributed by atoms with Gasteiger partial charge in [-0.05, 0) is 18.2 Å². The van der Waals surface area contributed by atoms with Gasteiger partial charge in [-0.25, -0.2) is 0 Å². The second kappa shape index (κ2) is 5.57. The lowest BCUT2D eigenvalue weighted by atomic mass is 10.2. The molecule has 0 bridgehead atoms. The van der Waals surface area contributed by atoms with Gasteiger partial charge >= 0.3 is 0 Å². The largest absolute Gasteiger partial charge is 0.495 e. The van der Waals surface area contributed by atoms with Crippen molar-refractivity contribution in [1.82, 2.24) is 4.98 Å². The van der Waals surface area contributed by atoms with Gasteiger partial charge in [0.1, 0.15) is 11.4 Å². The number of aromatic nitrogens is 1. The number of hydrogen-bond donors (Lipinski definition) is 1. The molecule has 0 saturated heterocycles. The van der Waals surface area contributed by atoms with E-state index in [4.69, 9.17) is 10.5 Å². The third kappa shape index (κ3) is 2.94. The number of nitrogens with two attached hydrogens (primary N) is 1. The third-order valence-corrected chi connectivity index (χ3v) is 3.43. The van der Waals surface area contributed by atoms with Crippen molar-refractivity contribution in [3.05, 3.63) is 46.8 Å². The summed E-state index contributed by atoms with van der Waals surface area (Å²) in [7, 11) is 1.46. The van der Waals surface area contributed by atoms with Crippen LogP contribution in [0.4, 0.5) is 11.4 Å². The first-order chi connectivity index (χ1) is 9.11. The number of pyridine rings is 1. The highest BCUT2D eigenvalue weighted by Crippen LogP contribution is 2.39. The molecule has 2 aromatic rings. The highest BCUT2D eigenvalue weighted by molar-refractivity contribution is 7.99. The number of ether oxygens (including phenoxy) is 1. The molecule has 0 radical (unpaired) electrons. The van der Waals surface area contributed by atoms with Crippen molar-refractivity contribution in [2.24, 2.45) is 0 Å². The molecule has 0 atom stereocenters. The van der Waals surface area contributed by atoms with Gasteiger partial charge in [0.2, 0.25) is 0 Å². The van der Waals surface area contributed by atoms with Gasteiger partial charge in [0.05, 0.1) is 23.0 Å². The van der Waals surface area contributed by atoms with E-state index in [1.807, 2.05) is 12.1 Å². The molecule has 7 heteroatoms. The molecule has 0 aliphatic rings. The van der Waals surface area contributed by atoms with Gasteiger partial charge in [0.15, 0.2) is 0 Å². The Hall–Kier alpha value is -2.28. The second-order valence-electron chi connectivity index (χ2n) is 3.60. The molecular formula is C12H11N3O3S. The van der Waals surface area contributed by atoms with Gasteiger partial charge in [0, 0.05) is 17.3 Å². The van der Waals surface area contributed by atoms with Crippen LogP contribution >= 0.6 is 11.8 Å². The molecule has 0 aliphatic heterocycles. The third-order valence-electron chi connectivity index (χ3n) is 2.39. The summed E-state index contributed by atoms with van der Waals surface area (Å²) in [6, 6.07) is 6.55. The maximum atomic E-state index is 10.8. The Morgan fingerprint density at radius 1 is 1.37 bits per heavy atom. The molecule has 0 aliphatic carbocycles. The van der Waals surface area contributed by atoms with Gasteiger partial charge < -0.3 is 10.5 Å². The summed E-state index contributed by atoms with van der Waals surface area (Å²) in [6.07, 6.45) is 3.34. The molecule has 0 saturated carbocycles. The number of benzene rings is 1. The van der Waals surface area contributed by atoms with E-state index in [9.17, 15) is 10.1 Å². The molecule has 98 valence electrons. The van der Waals surface area contributed by atoms with Crippen LogP contribution in [0.1, 0.15) is 0 Å². The van der Waals surface area contributed by atoms with Gasteiger partial charge in [-0.15, -0.1) is 0 Å². The van der Waals surface area contributed by atoms with Crippen molar-refractivity contribution >= 4 is 23.1 Å². The number of hydrogen-bond acceptors (Lipinski definition) is 6. The maximum Gasteiger partial charge on any atom is 0.295 e. The number of nitrogens with zero attached hydrogens (tertiary/aromatic N) is 2. The molecule has 2 rings (SSSR count). The quantitative estimate of drug-likeness (QED) is 0.525. The van der Waals surface area contributed by atoms with Gasteiger partial charge in [0.25, 0.3) is 5.69 Å². The molecule has 19 heavy (non-hydrogen) atoms. The van der Waals surface area contributed by atoms with Crippen molar-refractivity contribution in [2.75, 3.05) is 12.8 Å². The highest BCUT2D eigenvalue weighted by atomic mass is 32.2. The number of methoxy groups -OCH3 is 1. The first-order valence-corrected chi connectivity index (χ1v) is 6.13. The van der Waals surface area contributed by atoms with E-state index in [0.29, 0.717) is 5.75 Å². The van der Waals surface area contributed by atoms with Crippen LogP contribution in [0.15, 0.2) is 46.5 Å². The Morgan fingerprint density at radius 3 is 2.63 bits per heavy atom. The number of anilines is 1. The van der Waals surface area contributed by atoms with Crippen molar-refractivity contribution in [3.63, 3.8) is 0 Å². The first kappa shape index (κ1) is 13.2. The average Bonchev–Trinajstić information content (AvgIpc) is 2.39. The molecule has 0 spiro atoms. The van der Waals surface area contributed by atoms with Crippen LogP contribution in [0.5, 0.6) is 5.75 Å². The Labute approximate surface area is 113 Å². The summed E-state index contributed by atoms with van der Waals surface area (Å²) in [5, 5.41) is 10.8. The fourth-order valence-electron chi connectivity index (χ4n) is 1.50. The van der Waals surface area contributed by atoms with Crippen LogP contribution in [0.25, 0.3) is 0 Å². The Bertz CT molecular complexity index is 605. The highest BCUT2D eigenvalue weighted by Gasteiger charge is 2.17. The predicted molar refractivity (Wildman–Crippen MR) is 72.4 cm³/mol. The van der Waals surface area contributed by atoms with Crippen LogP contribution in [0.3, 0.4) is 0 Å². The summed E-state index contributed by atoms with van der Waals surface area (Å²) in [5.74, 6) is 0.419. The Balaban J connectivity index is 2.40. The molecule has 1 aromatic heterocycles. The monoisotopic (exact) mass is 277 g/mol. The van der Waals surface area contributed by atoms with E-state index >= 15 is 0 Å². The van der Waals surface area contributed by atoms with Crippen molar-refractivity contribution in [3.8, 4) is 5.75 Å². The lowest BCUT2D eigenvalue weighted by Crippen LogP contribution is -1.98. The second-order valence-corrected chi connectivity index (χ2v) is 4.72. The predicted octanol–water partition coefficient (Wildman–Crippen LogP) is 2.73. The summed E-state index contributed by atoms with van der Waals surface area (Å²) < 4.78 is 5.17. The zero-order chi connectivity index (χ0) is 13.8. The summed E-state index contributed by atoms with van der Waals surface area (Å²) in [4.78, 5) is 15.9. The van der Waals surface area contributed by atoms with E-state index in [2.05, 4.69) is 4.98 Å². The van der Waals surface area contributed by atoms with Crippen molar-refractivity contribution < 1.29 is 9.66 Å². The van der Waals surface area contributed by atoms with Crippen LogP contribution in [-0.4, -0.2) is 17.0 Å². The zero-order valence-corrected chi connectivity index (χ0v) is 10.9. The molecule has 0 unspecified atom stereocenters. The Kier molecular flexibility index (Phi) is 3.86. The normalized spacial score (nSPS) is 10.2. The number of nitrogen functional groups attached to an aromatic ring is 1. The van der Waals surface area contributed by atoms with E-state index in [0.717, 1.165) is 9.79 Å². The zero-order valence-electron chi connectivity index (χ0n) is 10.1.